The number of ether oxygens (including phenoxy) is 1. The van der Waals surface area contributed by atoms with Crippen molar-refractivity contribution in [1.29, 1.82) is 0 Å². The molecule has 3 aromatic rings. The van der Waals surface area contributed by atoms with Crippen molar-refractivity contribution >= 4 is 17.5 Å². The molecule has 0 aliphatic carbocycles. The van der Waals surface area contributed by atoms with Gasteiger partial charge < -0.3 is 10.1 Å². The van der Waals surface area contributed by atoms with Crippen LogP contribution in [0.15, 0.2) is 54.7 Å². The summed E-state index contributed by atoms with van der Waals surface area (Å²) in [6.07, 6.45) is -2.29. The summed E-state index contributed by atoms with van der Waals surface area (Å²) in [7, 11) is 0. The van der Waals surface area contributed by atoms with E-state index in [2.05, 4.69) is 15.3 Å². The average Bonchev–Trinajstić information content (AvgIpc) is 2.95. The summed E-state index contributed by atoms with van der Waals surface area (Å²) in [5.41, 5.74) is 1.18. The molecule has 0 unspecified atom stereocenters. The van der Waals surface area contributed by atoms with Crippen LogP contribution in [0.2, 0.25) is 0 Å². The molecular formula is C22H19F3N4O2. The van der Waals surface area contributed by atoms with Crippen LogP contribution in [0.4, 0.5) is 29.5 Å². The van der Waals surface area contributed by atoms with Gasteiger partial charge in [-0.25, -0.2) is 9.78 Å². The van der Waals surface area contributed by atoms with Crippen LogP contribution in [0.3, 0.4) is 0 Å². The zero-order chi connectivity index (χ0) is 22.0. The number of carbonyl (C=O) groups excluding carboxylic acids is 1. The van der Waals surface area contributed by atoms with Gasteiger partial charge in [0.25, 0.3) is 0 Å². The molecule has 0 spiro atoms. The number of nitrogens with one attached hydrogen (secondary N) is 1. The minimum Gasteiger partial charge on any atom is -0.490 e. The summed E-state index contributed by atoms with van der Waals surface area (Å²) in [5.74, 6) is 0.657. The second-order valence-corrected chi connectivity index (χ2v) is 7.07. The average molecular weight is 428 g/mol. The maximum Gasteiger partial charge on any atom is 0.416 e. The first-order valence-corrected chi connectivity index (χ1v) is 9.64. The molecule has 1 aliphatic heterocycles. The van der Waals surface area contributed by atoms with E-state index in [0.717, 1.165) is 17.8 Å². The minimum absolute atomic E-state index is 0.260. The zero-order valence-corrected chi connectivity index (χ0v) is 16.6. The molecule has 2 amide bonds. The number of nitrogens with zero attached hydrogens (tertiary/aromatic N) is 3. The molecule has 1 aromatic carbocycles. The molecule has 1 N–H and O–H groups in total. The standard InChI is InChI=1S/C22H19F3N4O2/c1-14-12-17(8-9-26-14)27-21(30)29-10-3-11-31-19-7-6-18(28-20(19)29)15-4-2-5-16(13-15)22(23,24)25/h2,4-9,12-13H,3,10-11H2,1H3,(H,26,27,30). The van der Waals surface area contributed by atoms with Crippen LogP contribution in [-0.2, 0) is 6.18 Å². The number of aromatic nitrogens is 2. The molecule has 0 saturated heterocycles. The summed E-state index contributed by atoms with van der Waals surface area (Å²) >= 11 is 0. The summed E-state index contributed by atoms with van der Waals surface area (Å²) in [6.45, 7) is 2.56. The van der Waals surface area contributed by atoms with E-state index in [-0.39, 0.29) is 5.82 Å². The molecule has 31 heavy (non-hydrogen) atoms. The van der Waals surface area contributed by atoms with Gasteiger partial charge in [0.1, 0.15) is 0 Å². The lowest BCUT2D eigenvalue weighted by Crippen LogP contribution is -2.36. The summed E-state index contributed by atoms with van der Waals surface area (Å²) in [4.78, 5) is 23.0. The molecule has 160 valence electrons. The van der Waals surface area contributed by atoms with Gasteiger partial charge >= 0.3 is 12.2 Å². The number of carbonyl (C=O) groups is 1. The number of benzene rings is 1. The highest BCUT2D eigenvalue weighted by Gasteiger charge is 2.31. The van der Waals surface area contributed by atoms with E-state index in [1.165, 1.54) is 11.0 Å². The van der Waals surface area contributed by atoms with Gasteiger partial charge in [-0.3, -0.25) is 9.88 Å². The Labute approximate surface area is 176 Å². The number of anilines is 2. The van der Waals surface area contributed by atoms with Gasteiger partial charge in [0.15, 0.2) is 11.6 Å². The molecule has 0 radical (unpaired) electrons. The smallest absolute Gasteiger partial charge is 0.416 e. The quantitative estimate of drug-likeness (QED) is 0.602. The van der Waals surface area contributed by atoms with E-state index in [1.807, 2.05) is 6.92 Å². The molecule has 4 rings (SSSR count). The van der Waals surface area contributed by atoms with Crippen LogP contribution < -0.4 is 15.0 Å². The molecule has 2 aromatic heterocycles. The van der Waals surface area contributed by atoms with E-state index < -0.39 is 17.8 Å². The van der Waals surface area contributed by atoms with Crippen molar-refractivity contribution in [2.24, 2.45) is 0 Å². The third-order valence-electron chi connectivity index (χ3n) is 4.76. The third kappa shape index (κ3) is 4.60. The van der Waals surface area contributed by atoms with Crippen LogP contribution in [0, 0.1) is 6.92 Å². The maximum absolute atomic E-state index is 13.1. The number of rotatable bonds is 2. The third-order valence-corrected chi connectivity index (χ3v) is 4.76. The van der Waals surface area contributed by atoms with Gasteiger partial charge in [0.05, 0.1) is 17.9 Å². The van der Waals surface area contributed by atoms with Crippen LogP contribution in [0.5, 0.6) is 5.75 Å². The lowest BCUT2D eigenvalue weighted by molar-refractivity contribution is -0.137. The number of alkyl halides is 3. The fourth-order valence-corrected chi connectivity index (χ4v) is 3.28. The number of hydrogen-bond acceptors (Lipinski definition) is 4. The summed E-state index contributed by atoms with van der Waals surface area (Å²) in [6, 6.07) is 11.1. The topological polar surface area (TPSA) is 67.4 Å². The monoisotopic (exact) mass is 428 g/mol. The Hall–Kier alpha value is -3.62. The number of aryl methyl sites for hydroxylation is 1. The van der Waals surface area contributed by atoms with Crippen LogP contribution in [0.1, 0.15) is 17.7 Å². The van der Waals surface area contributed by atoms with E-state index in [4.69, 9.17) is 4.74 Å². The largest absolute Gasteiger partial charge is 0.490 e. The van der Waals surface area contributed by atoms with E-state index >= 15 is 0 Å². The number of amides is 2. The lowest BCUT2D eigenvalue weighted by atomic mass is 10.1. The Kier molecular flexibility index (Phi) is 5.50. The van der Waals surface area contributed by atoms with Crippen LogP contribution in [0.25, 0.3) is 11.3 Å². The number of pyridine rings is 2. The predicted molar refractivity (Wildman–Crippen MR) is 110 cm³/mol. The number of urea groups is 1. The van der Waals surface area contributed by atoms with E-state index in [0.29, 0.717) is 42.3 Å². The van der Waals surface area contributed by atoms with Crippen LogP contribution >= 0.6 is 0 Å². The van der Waals surface area contributed by atoms with Crippen molar-refractivity contribution in [3.05, 3.63) is 66.0 Å². The fourth-order valence-electron chi connectivity index (χ4n) is 3.28. The number of hydrogen-bond donors (Lipinski definition) is 1. The Bertz CT molecular complexity index is 1120. The SMILES string of the molecule is Cc1cc(NC(=O)N2CCCOc3ccc(-c4cccc(C(F)(F)F)c4)nc32)ccn1. The zero-order valence-electron chi connectivity index (χ0n) is 16.6. The summed E-state index contributed by atoms with van der Waals surface area (Å²) < 4.78 is 45.0. The number of fused-ring (bicyclic) bond motifs is 1. The Morgan fingerprint density at radius 2 is 2.00 bits per heavy atom. The molecule has 1 aliphatic rings. The van der Waals surface area contributed by atoms with Crippen molar-refractivity contribution in [2.45, 2.75) is 19.5 Å². The fraction of sp³-hybridized carbons (Fsp3) is 0.227. The van der Waals surface area contributed by atoms with Crippen molar-refractivity contribution in [3.8, 4) is 17.0 Å². The highest BCUT2D eigenvalue weighted by Crippen LogP contribution is 2.35. The lowest BCUT2D eigenvalue weighted by Gasteiger charge is -2.22. The highest BCUT2D eigenvalue weighted by molar-refractivity contribution is 6.02. The van der Waals surface area contributed by atoms with Crippen molar-refractivity contribution in [3.63, 3.8) is 0 Å². The number of halogens is 3. The van der Waals surface area contributed by atoms with Gasteiger partial charge in [-0.15, -0.1) is 0 Å². The first kappa shape index (κ1) is 20.6. The molecule has 0 atom stereocenters. The maximum atomic E-state index is 13.1. The molecular weight excluding hydrogens is 409 g/mol. The molecule has 9 heteroatoms. The molecule has 0 bridgehead atoms. The second-order valence-electron chi connectivity index (χ2n) is 7.07. The molecule has 3 heterocycles. The summed E-state index contributed by atoms with van der Waals surface area (Å²) in [5, 5.41) is 2.81. The molecule has 0 fully saturated rings. The molecule has 6 nitrogen and oxygen atoms in total. The van der Waals surface area contributed by atoms with Crippen molar-refractivity contribution in [2.75, 3.05) is 23.4 Å². The molecule has 0 saturated carbocycles. The van der Waals surface area contributed by atoms with E-state index in [9.17, 15) is 18.0 Å². The Balaban J connectivity index is 1.69. The van der Waals surface area contributed by atoms with Crippen molar-refractivity contribution in [1.82, 2.24) is 9.97 Å². The first-order valence-electron chi connectivity index (χ1n) is 9.64. The Morgan fingerprint density at radius 1 is 1.16 bits per heavy atom. The minimum atomic E-state index is -4.46. The van der Waals surface area contributed by atoms with Gasteiger partial charge in [0, 0.05) is 29.7 Å². The van der Waals surface area contributed by atoms with Gasteiger partial charge in [-0.05, 0) is 49.7 Å². The Morgan fingerprint density at radius 3 is 2.77 bits per heavy atom. The van der Waals surface area contributed by atoms with Gasteiger partial charge in [-0.2, -0.15) is 13.2 Å². The van der Waals surface area contributed by atoms with Gasteiger partial charge in [-0.1, -0.05) is 12.1 Å². The predicted octanol–water partition coefficient (Wildman–Crippen LogP) is 5.29. The second kappa shape index (κ2) is 8.25. The normalized spacial score (nSPS) is 13.7. The van der Waals surface area contributed by atoms with Crippen LogP contribution in [-0.4, -0.2) is 29.2 Å². The van der Waals surface area contributed by atoms with E-state index in [1.54, 1.807) is 36.5 Å². The first-order chi connectivity index (χ1) is 14.8. The van der Waals surface area contributed by atoms with Gasteiger partial charge in [0.2, 0.25) is 0 Å². The van der Waals surface area contributed by atoms with Crippen molar-refractivity contribution < 1.29 is 22.7 Å². The highest BCUT2D eigenvalue weighted by atomic mass is 19.4.